The van der Waals surface area contributed by atoms with E-state index >= 15 is 0 Å². The largest absolute Gasteiger partial charge is 0.120 e. The summed E-state index contributed by atoms with van der Waals surface area (Å²) in [5.74, 6) is 3.38. The molecule has 0 bridgehead atoms. The Morgan fingerprint density at radius 3 is 2.70 bits per heavy atom. The van der Waals surface area contributed by atoms with Crippen molar-refractivity contribution in [1.29, 1.82) is 0 Å². The summed E-state index contributed by atoms with van der Waals surface area (Å²) in [6, 6.07) is 0. The molecule has 0 saturated carbocycles. The van der Waals surface area contributed by atoms with E-state index < -0.39 is 0 Å². The van der Waals surface area contributed by atoms with Crippen molar-refractivity contribution in [3.8, 4) is 12.3 Å². The molecule has 0 rings (SSSR count). The Labute approximate surface area is 65.0 Å². The molecular formula is C10H17. The number of rotatable bonds is 5. The van der Waals surface area contributed by atoms with E-state index in [1.165, 1.54) is 19.3 Å². The van der Waals surface area contributed by atoms with Gasteiger partial charge in [0.1, 0.15) is 0 Å². The summed E-state index contributed by atoms with van der Waals surface area (Å²) < 4.78 is 0. The van der Waals surface area contributed by atoms with Crippen molar-refractivity contribution in [2.45, 2.75) is 39.0 Å². The Kier molecular flexibility index (Phi) is 6.38. The van der Waals surface area contributed by atoms with Gasteiger partial charge in [-0.15, -0.1) is 12.3 Å². The van der Waals surface area contributed by atoms with Crippen LogP contribution in [0.1, 0.15) is 39.0 Å². The summed E-state index contributed by atoms with van der Waals surface area (Å²) in [5.41, 5.74) is 0. The van der Waals surface area contributed by atoms with Gasteiger partial charge in [0.05, 0.1) is 0 Å². The third-order valence-corrected chi connectivity index (χ3v) is 1.66. The van der Waals surface area contributed by atoms with E-state index in [9.17, 15) is 0 Å². The van der Waals surface area contributed by atoms with Crippen molar-refractivity contribution in [2.24, 2.45) is 5.92 Å². The SMILES string of the molecule is C#CCC(C)CCCC[CH2]. The summed E-state index contributed by atoms with van der Waals surface area (Å²) in [6.07, 6.45) is 10.9. The zero-order chi connectivity index (χ0) is 7.82. The molecule has 0 saturated heterocycles. The molecule has 1 atom stereocenters. The molecule has 0 aliphatic heterocycles. The highest BCUT2D eigenvalue weighted by Gasteiger charge is 1.97. The van der Waals surface area contributed by atoms with Crippen LogP contribution in [0.15, 0.2) is 0 Å². The first kappa shape index (κ1) is 9.56. The fraction of sp³-hybridized carbons (Fsp3) is 0.700. The minimum atomic E-state index is 0.705. The maximum atomic E-state index is 5.17. The fourth-order valence-electron chi connectivity index (χ4n) is 0.973. The summed E-state index contributed by atoms with van der Waals surface area (Å²) in [7, 11) is 0. The van der Waals surface area contributed by atoms with Crippen LogP contribution < -0.4 is 0 Å². The van der Waals surface area contributed by atoms with E-state index in [0.717, 1.165) is 12.8 Å². The highest BCUT2D eigenvalue weighted by atomic mass is 14.0. The first-order valence-corrected chi connectivity index (χ1v) is 4.04. The fourth-order valence-corrected chi connectivity index (χ4v) is 0.973. The van der Waals surface area contributed by atoms with Gasteiger partial charge in [-0.2, -0.15) is 0 Å². The molecule has 1 unspecified atom stereocenters. The Morgan fingerprint density at radius 1 is 1.50 bits per heavy atom. The number of unbranched alkanes of at least 4 members (excludes halogenated alkanes) is 2. The van der Waals surface area contributed by atoms with Gasteiger partial charge in [-0.1, -0.05) is 33.1 Å². The van der Waals surface area contributed by atoms with Crippen molar-refractivity contribution in [2.75, 3.05) is 0 Å². The number of hydrogen-bond acceptors (Lipinski definition) is 0. The Hall–Kier alpha value is -0.440. The average molecular weight is 137 g/mol. The highest BCUT2D eigenvalue weighted by Crippen LogP contribution is 2.11. The Balaban J connectivity index is 3.06. The van der Waals surface area contributed by atoms with Gasteiger partial charge in [0.2, 0.25) is 0 Å². The lowest BCUT2D eigenvalue weighted by molar-refractivity contribution is 0.511. The molecule has 0 aromatic rings. The monoisotopic (exact) mass is 137 g/mol. The third kappa shape index (κ3) is 5.69. The lowest BCUT2D eigenvalue weighted by atomic mass is 10.0. The maximum absolute atomic E-state index is 5.17. The molecule has 0 spiro atoms. The lowest BCUT2D eigenvalue weighted by Crippen LogP contribution is -1.91. The molecule has 0 fully saturated rings. The second-order valence-electron chi connectivity index (χ2n) is 2.86. The van der Waals surface area contributed by atoms with E-state index in [1.807, 2.05) is 0 Å². The summed E-state index contributed by atoms with van der Waals surface area (Å²) in [6.45, 7) is 6.00. The van der Waals surface area contributed by atoms with E-state index in [0.29, 0.717) is 5.92 Å². The van der Waals surface area contributed by atoms with Gasteiger partial charge in [-0.3, -0.25) is 0 Å². The van der Waals surface area contributed by atoms with Crippen molar-refractivity contribution in [3.05, 3.63) is 6.92 Å². The lowest BCUT2D eigenvalue weighted by Gasteiger charge is -2.05. The van der Waals surface area contributed by atoms with Crippen molar-refractivity contribution in [3.63, 3.8) is 0 Å². The van der Waals surface area contributed by atoms with Gasteiger partial charge in [-0.25, -0.2) is 0 Å². The second-order valence-corrected chi connectivity index (χ2v) is 2.86. The first-order valence-electron chi connectivity index (χ1n) is 4.04. The standard InChI is InChI=1S/C10H17/c1-4-6-7-9-10(3)8-5-2/h2,10H,1,4,6-9H2,3H3. The zero-order valence-corrected chi connectivity index (χ0v) is 6.90. The van der Waals surface area contributed by atoms with Gasteiger partial charge in [0.15, 0.2) is 0 Å². The van der Waals surface area contributed by atoms with Crippen LogP contribution in [0.5, 0.6) is 0 Å². The van der Waals surface area contributed by atoms with Crippen LogP contribution in [0.2, 0.25) is 0 Å². The Morgan fingerprint density at radius 2 is 2.20 bits per heavy atom. The molecule has 0 heterocycles. The molecule has 10 heavy (non-hydrogen) atoms. The summed E-state index contributed by atoms with van der Waals surface area (Å²) in [4.78, 5) is 0. The first-order chi connectivity index (χ1) is 4.81. The second kappa shape index (κ2) is 6.68. The van der Waals surface area contributed by atoms with Crippen molar-refractivity contribution >= 4 is 0 Å². The maximum Gasteiger partial charge on any atom is 0.0112 e. The molecular weight excluding hydrogens is 120 g/mol. The predicted molar refractivity (Wildman–Crippen MR) is 46.4 cm³/mol. The van der Waals surface area contributed by atoms with E-state index in [-0.39, 0.29) is 0 Å². The van der Waals surface area contributed by atoms with Gasteiger partial charge in [0, 0.05) is 6.42 Å². The molecule has 0 aromatic heterocycles. The van der Waals surface area contributed by atoms with Crippen LogP contribution in [-0.4, -0.2) is 0 Å². The van der Waals surface area contributed by atoms with Crippen LogP contribution >= 0.6 is 0 Å². The smallest absolute Gasteiger partial charge is 0.0112 e. The average Bonchev–Trinajstić information content (AvgIpc) is 1.89. The topological polar surface area (TPSA) is 0 Å². The molecule has 0 amide bonds. The van der Waals surface area contributed by atoms with Gasteiger partial charge in [0.25, 0.3) is 0 Å². The number of hydrogen-bond donors (Lipinski definition) is 0. The van der Waals surface area contributed by atoms with Gasteiger partial charge in [-0.05, 0) is 12.3 Å². The van der Waals surface area contributed by atoms with Crippen LogP contribution in [0, 0.1) is 25.2 Å². The Bertz CT molecular complexity index is 97.1. The summed E-state index contributed by atoms with van der Waals surface area (Å²) in [5, 5.41) is 0. The van der Waals surface area contributed by atoms with Crippen molar-refractivity contribution in [1.82, 2.24) is 0 Å². The molecule has 0 aromatic carbocycles. The molecule has 0 N–H and O–H groups in total. The molecule has 57 valence electrons. The zero-order valence-electron chi connectivity index (χ0n) is 6.90. The van der Waals surface area contributed by atoms with E-state index in [4.69, 9.17) is 6.42 Å². The minimum Gasteiger partial charge on any atom is -0.120 e. The summed E-state index contributed by atoms with van der Waals surface area (Å²) >= 11 is 0. The minimum absolute atomic E-state index is 0.705. The van der Waals surface area contributed by atoms with E-state index in [1.54, 1.807) is 0 Å². The molecule has 0 heteroatoms. The van der Waals surface area contributed by atoms with Crippen molar-refractivity contribution < 1.29 is 0 Å². The van der Waals surface area contributed by atoms with E-state index in [2.05, 4.69) is 19.8 Å². The van der Waals surface area contributed by atoms with Crippen LogP contribution in [0.25, 0.3) is 0 Å². The molecule has 1 radical (unpaired) electrons. The van der Waals surface area contributed by atoms with Gasteiger partial charge < -0.3 is 0 Å². The van der Waals surface area contributed by atoms with Crippen LogP contribution in [0.3, 0.4) is 0 Å². The predicted octanol–water partition coefficient (Wildman–Crippen LogP) is 3.04. The van der Waals surface area contributed by atoms with Gasteiger partial charge >= 0.3 is 0 Å². The van der Waals surface area contributed by atoms with Crippen LogP contribution in [0.4, 0.5) is 0 Å². The molecule has 0 aliphatic carbocycles. The third-order valence-electron chi connectivity index (χ3n) is 1.66. The normalized spacial score (nSPS) is 12.5. The molecule has 0 nitrogen and oxygen atoms in total. The van der Waals surface area contributed by atoms with Crippen LogP contribution in [-0.2, 0) is 0 Å². The quantitative estimate of drug-likeness (QED) is 0.403. The molecule has 0 aliphatic rings. The highest BCUT2D eigenvalue weighted by molar-refractivity contribution is 4.85. The number of terminal acetylenes is 1.